The number of nitrogens with zero attached hydrogens (tertiary/aromatic N) is 3. The quantitative estimate of drug-likeness (QED) is 0.365. The number of carbonyl (C=O) groups excluding carboxylic acids is 1. The van der Waals surface area contributed by atoms with E-state index >= 15 is 0 Å². The number of aromatic nitrogens is 2. The van der Waals surface area contributed by atoms with Gasteiger partial charge in [-0.1, -0.05) is 54.2 Å². The highest BCUT2D eigenvalue weighted by atomic mass is 32.2. The number of amides is 1. The van der Waals surface area contributed by atoms with Crippen LogP contribution in [0.1, 0.15) is 16.9 Å². The summed E-state index contributed by atoms with van der Waals surface area (Å²) < 4.78 is 5.26. The van der Waals surface area contributed by atoms with E-state index in [4.69, 9.17) is 14.4 Å². The summed E-state index contributed by atoms with van der Waals surface area (Å²) in [5, 5.41) is 4.68. The number of anilines is 1. The zero-order valence-corrected chi connectivity index (χ0v) is 17.8. The van der Waals surface area contributed by atoms with Gasteiger partial charge in [0.1, 0.15) is 10.8 Å². The van der Waals surface area contributed by atoms with Gasteiger partial charge in [-0.05, 0) is 35.7 Å². The molecule has 0 bridgehead atoms. The predicted octanol–water partition coefficient (Wildman–Crippen LogP) is 4.19. The van der Waals surface area contributed by atoms with Crippen LogP contribution >= 0.6 is 11.8 Å². The van der Waals surface area contributed by atoms with Gasteiger partial charge in [-0.3, -0.25) is 4.79 Å². The Morgan fingerprint density at radius 1 is 1.03 bits per heavy atom. The largest absolute Gasteiger partial charge is 0.467 e. The van der Waals surface area contributed by atoms with Gasteiger partial charge < -0.3 is 14.6 Å². The molecule has 1 amide bonds. The maximum absolute atomic E-state index is 12.3. The molecule has 2 aromatic heterocycles. The van der Waals surface area contributed by atoms with E-state index in [1.807, 2.05) is 36.4 Å². The normalized spacial score (nSPS) is 13.2. The second-order valence-corrected chi connectivity index (χ2v) is 8.39. The predicted molar refractivity (Wildman–Crippen MR) is 122 cm³/mol. The summed E-state index contributed by atoms with van der Waals surface area (Å²) in [5.41, 5.74) is 3.60. The standard InChI is InChI=1S/C24H22N4O2S/c29-22(25-14-19-8-5-13-30-19)16-31-23-20-9-3-4-10-21(20)26-24(27-23)28-12-11-17-6-1-2-7-18(17)15-28/h1-10,13H,11-12,14-16H2,(H,25,29). The van der Waals surface area contributed by atoms with Gasteiger partial charge in [0.15, 0.2) is 0 Å². The molecule has 6 nitrogen and oxygen atoms in total. The number of hydrogen-bond acceptors (Lipinski definition) is 6. The second-order valence-electron chi connectivity index (χ2n) is 7.43. The molecule has 4 aromatic rings. The molecular weight excluding hydrogens is 408 g/mol. The molecule has 0 unspecified atom stereocenters. The Kier molecular flexibility index (Phi) is 5.58. The van der Waals surface area contributed by atoms with Gasteiger partial charge in [-0.15, -0.1) is 0 Å². The van der Waals surface area contributed by atoms with Crippen molar-refractivity contribution >= 4 is 34.5 Å². The van der Waals surface area contributed by atoms with Crippen LogP contribution in [0.25, 0.3) is 10.9 Å². The molecule has 0 saturated carbocycles. The Balaban J connectivity index is 1.34. The summed E-state index contributed by atoms with van der Waals surface area (Å²) in [5.74, 6) is 1.67. The van der Waals surface area contributed by atoms with Crippen molar-refractivity contribution in [1.29, 1.82) is 0 Å². The third kappa shape index (κ3) is 4.41. The summed E-state index contributed by atoms with van der Waals surface area (Å²) in [6.07, 6.45) is 2.58. The third-order valence-corrected chi connectivity index (χ3v) is 6.34. The lowest BCUT2D eigenvalue weighted by Gasteiger charge is -2.29. The molecule has 3 heterocycles. The van der Waals surface area contributed by atoms with Crippen molar-refractivity contribution in [3.8, 4) is 0 Å². The van der Waals surface area contributed by atoms with Crippen molar-refractivity contribution in [3.05, 3.63) is 83.8 Å². The van der Waals surface area contributed by atoms with E-state index < -0.39 is 0 Å². The topological polar surface area (TPSA) is 71.3 Å². The summed E-state index contributed by atoms with van der Waals surface area (Å²) in [6.45, 7) is 2.06. The SMILES string of the molecule is O=C(CSc1nc(N2CCc3ccccc3C2)nc2ccccc12)NCc1ccco1. The molecular formula is C24H22N4O2S. The molecule has 0 fully saturated rings. The zero-order chi connectivity index (χ0) is 21.0. The van der Waals surface area contributed by atoms with Gasteiger partial charge in [0.25, 0.3) is 0 Å². The van der Waals surface area contributed by atoms with Gasteiger partial charge in [-0.25, -0.2) is 9.97 Å². The number of rotatable bonds is 6. The fourth-order valence-corrected chi connectivity index (χ4v) is 4.58. The van der Waals surface area contributed by atoms with Crippen molar-refractivity contribution in [2.24, 2.45) is 0 Å². The monoisotopic (exact) mass is 430 g/mol. The first-order valence-electron chi connectivity index (χ1n) is 10.3. The Hall–Kier alpha value is -3.32. The van der Waals surface area contributed by atoms with Gasteiger partial charge in [0.05, 0.1) is 24.1 Å². The number of thioether (sulfide) groups is 1. The van der Waals surface area contributed by atoms with E-state index in [-0.39, 0.29) is 11.7 Å². The van der Waals surface area contributed by atoms with Crippen LogP contribution in [0, 0.1) is 0 Å². The van der Waals surface area contributed by atoms with Gasteiger partial charge in [0, 0.05) is 18.5 Å². The first-order valence-corrected chi connectivity index (χ1v) is 11.3. The Morgan fingerprint density at radius 3 is 2.74 bits per heavy atom. The molecule has 0 saturated heterocycles. The second kappa shape index (κ2) is 8.81. The van der Waals surface area contributed by atoms with Crippen LogP contribution in [0.3, 0.4) is 0 Å². The number of furan rings is 1. The van der Waals surface area contributed by atoms with Crippen molar-refractivity contribution in [3.63, 3.8) is 0 Å². The number of nitrogens with one attached hydrogen (secondary N) is 1. The lowest BCUT2D eigenvalue weighted by Crippen LogP contribution is -2.31. The average molecular weight is 431 g/mol. The van der Waals surface area contributed by atoms with Crippen LogP contribution in [0.2, 0.25) is 0 Å². The van der Waals surface area contributed by atoms with Gasteiger partial charge in [-0.2, -0.15) is 0 Å². The lowest BCUT2D eigenvalue weighted by atomic mass is 10.0. The maximum atomic E-state index is 12.3. The molecule has 7 heteroatoms. The van der Waals surface area contributed by atoms with E-state index in [1.165, 1.54) is 22.9 Å². The number of benzene rings is 2. The fraction of sp³-hybridized carbons (Fsp3) is 0.208. The van der Waals surface area contributed by atoms with E-state index in [0.29, 0.717) is 12.5 Å². The van der Waals surface area contributed by atoms with Crippen molar-refractivity contribution in [2.75, 3.05) is 17.2 Å². The van der Waals surface area contributed by atoms with Crippen LogP contribution in [-0.4, -0.2) is 28.2 Å². The zero-order valence-electron chi connectivity index (χ0n) is 17.0. The summed E-state index contributed by atoms with van der Waals surface area (Å²) in [7, 11) is 0. The summed E-state index contributed by atoms with van der Waals surface area (Å²) in [4.78, 5) is 24.2. The average Bonchev–Trinajstić information content (AvgIpc) is 3.34. The number of fused-ring (bicyclic) bond motifs is 2. The van der Waals surface area contributed by atoms with E-state index in [9.17, 15) is 4.79 Å². The first-order chi connectivity index (χ1) is 15.3. The molecule has 0 aliphatic carbocycles. The minimum absolute atomic E-state index is 0.0578. The maximum Gasteiger partial charge on any atom is 0.230 e. The van der Waals surface area contributed by atoms with Gasteiger partial charge in [0.2, 0.25) is 11.9 Å². The summed E-state index contributed by atoms with van der Waals surface area (Å²) in [6, 6.07) is 20.1. The van der Waals surface area contributed by atoms with E-state index in [1.54, 1.807) is 6.26 Å². The van der Waals surface area contributed by atoms with Crippen LogP contribution in [-0.2, 0) is 24.3 Å². The first kappa shape index (κ1) is 19.6. The van der Waals surface area contributed by atoms with E-state index in [2.05, 4.69) is 34.5 Å². The van der Waals surface area contributed by atoms with Crippen LogP contribution in [0.4, 0.5) is 5.95 Å². The van der Waals surface area contributed by atoms with Crippen molar-refractivity contribution in [1.82, 2.24) is 15.3 Å². The minimum Gasteiger partial charge on any atom is -0.467 e. The fourth-order valence-electron chi connectivity index (χ4n) is 3.74. The molecule has 2 aromatic carbocycles. The lowest BCUT2D eigenvalue weighted by molar-refractivity contribution is -0.118. The Bertz CT molecular complexity index is 1210. The molecule has 1 N–H and O–H groups in total. The number of para-hydroxylation sites is 1. The Labute approximate surface area is 184 Å². The molecule has 0 atom stereocenters. The molecule has 156 valence electrons. The molecule has 0 spiro atoms. The number of hydrogen-bond donors (Lipinski definition) is 1. The Morgan fingerprint density at radius 2 is 1.87 bits per heavy atom. The molecule has 1 aliphatic heterocycles. The highest BCUT2D eigenvalue weighted by Gasteiger charge is 2.20. The van der Waals surface area contributed by atoms with Crippen LogP contribution in [0.15, 0.2) is 76.4 Å². The smallest absolute Gasteiger partial charge is 0.230 e. The van der Waals surface area contributed by atoms with Crippen LogP contribution < -0.4 is 10.2 Å². The highest BCUT2D eigenvalue weighted by Crippen LogP contribution is 2.29. The van der Waals surface area contributed by atoms with Crippen LogP contribution in [0.5, 0.6) is 0 Å². The molecule has 31 heavy (non-hydrogen) atoms. The van der Waals surface area contributed by atoms with Crippen molar-refractivity contribution in [2.45, 2.75) is 24.5 Å². The highest BCUT2D eigenvalue weighted by molar-refractivity contribution is 8.00. The van der Waals surface area contributed by atoms with Crippen molar-refractivity contribution < 1.29 is 9.21 Å². The molecule has 0 radical (unpaired) electrons. The van der Waals surface area contributed by atoms with Gasteiger partial charge >= 0.3 is 0 Å². The third-order valence-electron chi connectivity index (χ3n) is 5.35. The summed E-state index contributed by atoms with van der Waals surface area (Å²) >= 11 is 1.44. The van der Waals surface area contributed by atoms with E-state index in [0.717, 1.165) is 41.2 Å². The molecule has 1 aliphatic rings. The number of carbonyl (C=O) groups is 1. The minimum atomic E-state index is -0.0578. The molecule has 5 rings (SSSR count).